The number of carboxylic acids is 1. The largest absolute Gasteiger partial charge is 0.480 e. The molecule has 0 aromatic carbocycles. The minimum atomic E-state index is -1.09. The third-order valence-corrected chi connectivity index (χ3v) is 2.61. The smallest absolute Gasteiger partial charge is 0.320 e. The van der Waals surface area contributed by atoms with Crippen LogP contribution < -0.4 is 16.8 Å². The molecule has 6 N–H and O–H groups in total. The molecule has 1 amide bonds. The molecule has 6 heteroatoms. The van der Waals surface area contributed by atoms with Gasteiger partial charge in [0.15, 0.2) is 0 Å². The van der Waals surface area contributed by atoms with Gasteiger partial charge in [0.1, 0.15) is 6.04 Å². The number of hydrogen-bond donors (Lipinski definition) is 4. The first-order valence-corrected chi connectivity index (χ1v) is 6.42. The summed E-state index contributed by atoms with van der Waals surface area (Å²) in [5.41, 5.74) is 12.0. The van der Waals surface area contributed by atoms with Crippen molar-refractivity contribution < 1.29 is 14.7 Å². The van der Waals surface area contributed by atoms with Crippen molar-refractivity contribution in [1.82, 2.24) is 5.32 Å². The summed E-state index contributed by atoms with van der Waals surface area (Å²) < 4.78 is 0. The summed E-state index contributed by atoms with van der Waals surface area (Å²) in [6.45, 7) is 7.69. The predicted octanol–water partition coefficient (Wildman–Crippen LogP) is 0.367. The minimum Gasteiger partial charge on any atom is -0.480 e. The number of carbonyl (C=O) groups is 2. The number of carboxylic acid groups (broad SMARTS) is 1. The highest BCUT2D eigenvalue weighted by Crippen LogP contribution is 2.09. The van der Waals surface area contributed by atoms with E-state index in [1.807, 2.05) is 13.8 Å². The van der Waals surface area contributed by atoms with Gasteiger partial charge in [-0.1, -0.05) is 12.2 Å². The quantitative estimate of drug-likeness (QED) is 0.452. The van der Waals surface area contributed by atoms with Crippen LogP contribution in [0.3, 0.4) is 0 Å². The van der Waals surface area contributed by atoms with Gasteiger partial charge in [0.25, 0.3) is 0 Å². The van der Waals surface area contributed by atoms with Crippen LogP contribution in [0.25, 0.3) is 0 Å². The van der Waals surface area contributed by atoms with Crippen molar-refractivity contribution in [2.75, 3.05) is 0 Å². The summed E-state index contributed by atoms with van der Waals surface area (Å²) in [5, 5.41) is 11.4. The van der Waals surface area contributed by atoms with Crippen molar-refractivity contribution in [2.24, 2.45) is 11.5 Å². The van der Waals surface area contributed by atoms with Gasteiger partial charge >= 0.3 is 5.97 Å². The molecule has 0 aliphatic carbocycles. The number of nitrogens with one attached hydrogen (secondary N) is 1. The van der Waals surface area contributed by atoms with E-state index in [-0.39, 0.29) is 30.8 Å². The fourth-order valence-corrected chi connectivity index (χ4v) is 1.78. The van der Waals surface area contributed by atoms with Crippen LogP contribution in [0.4, 0.5) is 0 Å². The van der Waals surface area contributed by atoms with Crippen LogP contribution in [-0.2, 0) is 9.59 Å². The summed E-state index contributed by atoms with van der Waals surface area (Å²) in [6.07, 6.45) is 1.63. The first-order chi connectivity index (χ1) is 8.72. The fraction of sp³-hybridized carbons (Fsp3) is 0.692. The number of rotatable bonds is 9. The van der Waals surface area contributed by atoms with Gasteiger partial charge in [-0.2, -0.15) is 0 Å². The van der Waals surface area contributed by atoms with Gasteiger partial charge in [0.2, 0.25) is 5.91 Å². The standard InChI is InChI=1S/C13H25N3O3/c1-8(6-9(2)14)7-10(3)16-12(17)5-4-11(15)13(18)19/h9-11H,1,4-7,14-15H2,2-3H3,(H,16,17)(H,18,19)/t9?,10?,11-/m1/s1. The zero-order valence-corrected chi connectivity index (χ0v) is 11.7. The molecule has 0 radical (unpaired) electrons. The van der Waals surface area contributed by atoms with Gasteiger partial charge in [-0.05, 0) is 33.1 Å². The molecule has 0 aliphatic heterocycles. The van der Waals surface area contributed by atoms with Crippen LogP contribution in [-0.4, -0.2) is 35.1 Å². The average molecular weight is 271 g/mol. The Morgan fingerprint density at radius 3 is 2.32 bits per heavy atom. The zero-order valence-electron chi connectivity index (χ0n) is 11.7. The molecule has 0 heterocycles. The van der Waals surface area contributed by atoms with E-state index < -0.39 is 12.0 Å². The molecule has 0 fully saturated rings. The van der Waals surface area contributed by atoms with Gasteiger partial charge in [-0.25, -0.2) is 0 Å². The third-order valence-electron chi connectivity index (χ3n) is 2.61. The van der Waals surface area contributed by atoms with Crippen LogP contribution in [0.15, 0.2) is 12.2 Å². The van der Waals surface area contributed by atoms with Crippen molar-refractivity contribution in [3.63, 3.8) is 0 Å². The Kier molecular flexibility index (Phi) is 8.02. The molecule has 3 atom stereocenters. The Morgan fingerprint density at radius 1 is 1.26 bits per heavy atom. The zero-order chi connectivity index (χ0) is 15.0. The maximum absolute atomic E-state index is 11.6. The van der Waals surface area contributed by atoms with Gasteiger partial charge in [0.05, 0.1) is 0 Å². The highest BCUT2D eigenvalue weighted by atomic mass is 16.4. The molecule has 0 aliphatic rings. The Morgan fingerprint density at radius 2 is 1.84 bits per heavy atom. The predicted molar refractivity (Wildman–Crippen MR) is 74.5 cm³/mol. The molecule has 0 bridgehead atoms. The lowest BCUT2D eigenvalue weighted by Crippen LogP contribution is -2.36. The van der Waals surface area contributed by atoms with Crippen molar-refractivity contribution in [2.45, 2.75) is 57.7 Å². The molecule has 110 valence electrons. The maximum Gasteiger partial charge on any atom is 0.320 e. The first kappa shape index (κ1) is 17.6. The van der Waals surface area contributed by atoms with E-state index in [4.69, 9.17) is 16.6 Å². The summed E-state index contributed by atoms with van der Waals surface area (Å²) in [7, 11) is 0. The number of hydrogen-bond acceptors (Lipinski definition) is 4. The van der Waals surface area contributed by atoms with E-state index in [9.17, 15) is 9.59 Å². The molecule has 6 nitrogen and oxygen atoms in total. The maximum atomic E-state index is 11.6. The summed E-state index contributed by atoms with van der Waals surface area (Å²) in [6, 6.07) is -0.974. The lowest BCUT2D eigenvalue weighted by Gasteiger charge is -2.17. The SMILES string of the molecule is C=C(CC(C)N)CC(C)NC(=O)CC[C@@H](N)C(=O)O. The van der Waals surface area contributed by atoms with E-state index in [1.165, 1.54) is 0 Å². The van der Waals surface area contributed by atoms with Crippen LogP contribution in [0.2, 0.25) is 0 Å². The fourth-order valence-electron chi connectivity index (χ4n) is 1.78. The second-order valence-electron chi connectivity index (χ2n) is 5.09. The van der Waals surface area contributed by atoms with Gasteiger partial charge in [-0.3, -0.25) is 9.59 Å². The molecule has 0 aromatic rings. The Bertz CT molecular complexity index is 329. The molecule has 0 saturated heterocycles. The Balaban J connectivity index is 3.93. The van der Waals surface area contributed by atoms with Crippen molar-refractivity contribution >= 4 is 11.9 Å². The topological polar surface area (TPSA) is 118 Å². The van der Waals surface area contributed by atoms with Crippen LogP contribution in [0.5, 0.6) is 0 Å². The second kappa shape index (κ2) is 8.66. The molecule has 2 unspecified atom stereocenters. The van der Waals surface area contributed by atoms with E-state index in [0.29, 0.717) is 6.42 Å². The third kappa shape index (κ3) is 9.21. The van der Waals surface area contributed by atoms with Crippen LogP contribution >= 0.6 is 0 Å². The number of amides is 1. The monoisotopic (exact) mass is 271 g/mol. The van der Waals surface area contributed by atoms with E-state index in [2.05, 4.69) is 11.9 Å². The second-order valence-corrected chi connectivity index (χ2v) is 5.09. The van der Waals surface area contributed by atoms with Gasteiger partial charge < -0.3 is 21.9 Å². The van der Waals surface area contributed by atoms with Crippen LogP contribution in [0, 0.1) is 0 Å². The average Bonchev–Trinajstić information content (AvgIpc) is 2.23. The van der Waals surface area contributed by atoms with Crippen LogP contribution in [0.1, 0.15) is 39.5 Å². The van der Waals surface area contributed by atoms with E-state index >= 15 is 0 Å². The molecular formula is C13H25N3O3. The normalized spacial score (nSPS) is 15.4. The lowest BCUT2D eigenvalue weighted by atomic mass is 10.0. The van der Waals surface area contributed by atoms with Gasteiger partial charge in [0, 0.05) is 18.5 Å². The first-order valence-electron chi connectivity index (χ1n) is 6.42. The number of nitrogens with two attached hydrogens (primary N) is 2. The Hall–Kier alpha value is -1.40. The number of aliphatic carboxylic acids is 1. The molecule has 0 aromatic heterocycles. The number of carbonyl (C=O) groups excluding carboxylic acids is 1. The summed E-state index contributed by atoms with van der Waals surface area (Å²) >= 11 is 0. The van der Waals surface area contributed by atoms with E-state index in [0.717, 1.165) is 12.0 Å². The minimum absolute atomic E-state index is 0.0418. The van der Waals surface area contributed by atoms with Crippen molar-refractivity contribution in [3.8, 4) is 0 Å². The summed E-state index contributed by atoms with van der Waals surface area (Å²) in [5.74, 6) is -1.29. The lowest BCUT2D eigenvalue weighted by molar-refractivity contribution is -0.138. The van der Waals surface area contributed by atoms with Crippen molar-refractivity contribution in [3.05, 3.63) is 12.2 Å². The molecular weight excluding hydrogens is 246 g/mol. The van der Waals surface area contributed by atoms with Crippen molar-refractivity contribution in [1.29, 1.82) is 0 Å². The molecule has 0 spiro atoms. The molecule has 19 heavy (non-hydrogen) atoms. The Labute approximate surface area is 114 Å². The molecule has 0 saturated carbocycles. The molecule has 0 rings (SSSR count). The summed E-state index contributed by atoms with van der Waals surface area (Å²) in [4.78, 5) is 22.1. The van der Waals surface area contributed by atoms with Gasteiger partial charge in [-0.15, -0.1) is 0 Å². The highest BCUT2D eigenvalue weighted by molar-refractivity contribution is 5.78. The highest BCUT2D eigenvalue weighted by Gasteiger charge is 2.15. The van der Waals surface area contributed by atoms with E-state index in [1.54, 1.807) is 0 Å².